The van der Waals surface area contributed by atoms with E-state index in [1.54, 1.807) is 7.05 Å². The summed E-state index contributed by atoms with van der Waals surface area (Å²) < 4.78 is 23.1. The van der Waals surface area contributed by atoms with Crippen LogP contribution in [0, 0.1) is 0 Å². The molecule has 0 aromatic heterocycles. The van der Waals surface area contributed by atoms with Crippen molar-refractivity contribution in [2.45, 2.75) is 18.9 Å². The Hall–Kier alpha value is -1.93. The molecule has 25 heavy (non-hydrogen) atoms. The number of rotatable bonds is 4. The summed E-state index contributed by atoms with van der Waals surface area (Å²) in [4.78, 5) is 39.4. The van der Waals surface area contributed by atoms with Crippen LogP contribution in [0.5, 0.6) is 0 Å². The predicted octanol–water partition coefficient (Wildman–Crippen LogP) is 0.972. The van der Waals surface area contributed by atoms with Crippen LogP contribution in [0.4, 0.5) is 0 Å². The number of benzene rings is 1. The van der Waals surface area contributed by atoms with Crippen LogP contribution in [0.1, 0.15) is 33.6 Å². The van der Waals surface area contributed by atoms with Gasteiger partial charge in [0.25, 0.3) is 11.8 Å². The topological polar surface area (TPSA) is 91.8 Å². The van der Waals surface area contributed by atoms with Gasteiger partial charge in [-0.15, -0.1) is 0 Å². The normalized spacial score (nSPS) is 21.5. The molecule has 0 spiro atoms. The average Bonchev–Trinajstić information content (AvgIpc) is 3.03. The van der Waals surface area contributed by atoms with Crippen LogP contribution in [0.25, 0.3) is 0 Å². The third-order valence-electron chi connectivity index (χ3n) is 4.63. The van der Waals surface area contributed by atoms with E-state index in [9.17, 15) is 22.8 Å². The van der Waals surface area contributed by atoms with Crippen LogP contribution >= 0.6 is 11.6 Å². The Morgan fingerprint density at radius 2 is 1.96 bits per heavy atom. The summed E-state index contributed by atoms with van der Waals surface area (Å²) in [6, 6.07) is 4.12. The van der Waals surface area contributed by atoms with Gasteiger partial charge in [-0.2, -0.15) is 0 Å². The lowest BCUT2D eigenvalue weighted by Crippen LogP contribution is -2.40. The molecule has 1 atom stereocenters. The van der Waals surface area contributed by atoms with Crippen LogP contribution in [-0.4, -0.2) is 67.1 Å². The van der Waals surface area contributed by atoms with E-state index in [1.165, 1.54) is 23.1 Å². The molecule has 134 valence electrons. The number of amides is 3. The quantitative estimate of drug-likeness (QED) is 0.721. The lowest BCUT2D eigenvalue weighted by atomic mass is 10.1. The maximum atomic E-state index is 12.3. The van der Waals surface area contributed by atoms with Gasteiger partial charge in [-0.1, -0.05) is 11.6 Å². The maximum absolute atomic E-state index is 12.3. The molecule has 1 aromatic rings. The number of sulfone groups is 1. The van der Waals surface area contributed by atoms with Gasteiger partial charge in [0.15, 0.2) is 9.84 Å². The van der Waals surface area contributed by atoms with Crippen molar-refractivity contribution in [3.05, 3.63) is 34.3 Å². The molecule has 1 unspecified atom stereocenters. The monoisotopic (exact) mass is 384 g/mol. The van der Waals surface area contributed by atoms with Crippen LogP contribution < -0.4 is 0 Å². The molecule has 2 aliphatic heterocycles. The Balaban J connectivity index is 1.63. The SMILES string of the molecule is CN(C(=O)CCN1C(=O)c2ccc(Cl)cc2C1=O)C1CCS(=O)(=O)C1. The van der Waals surface area contributed by atoms with Crippen LogP contribution in [-0.2, 0) is 14.6 Å². The first-order chi connectivity index (χ1) is 11.7. The van der Waals surface area contributed by atoms with E-state index in [4.69, 9.17) is 11.6 Å². The molecule has 9 heteroatoms. The average molecular weight is 385 g/mol. The van der Waals surface area contributed by atoms with Gasteiger partial charge in [0, 0.05) is 31.1 Å². The first-order valence-corrected chi connectivity index (χ1v) is 10.0. The molecule has 0 bridgehead atoms. The van der Waals surface area contributed by atoms with E-state index in [0.717, 1.165) is 4.90 Å². The number of nitrogens with zero attached hydrogens (tertiary/aromatic N) is 2. The highest BCUT2D eigenvalue weighted by Gasteiger charge is 2.37. The standard InChI is InChI=1S/C16H17ClN2O5S/c1-18(11-5-7-25(23,24)9-11)14(20)4-6-19-15(21)12-3-2-10(17)8-13(12)16(19)22/h2-3,8,11H,4-7,9H2,1H3. The molecule has 0 radical (unpaired) electrons. The fourth-order valence-corrected chi connectivity index (χ4v) is 5.08. The highest BCUT2D eigenvalue weighted by Crippen LogP contribution is 2.26. The Morgan fingerprint density at radius 1 is 1.28 bits per heavy atom. The lowest BCUT2D eigenvalue weighted by Gasteiger charge is -2.24. The second-order valence-electron chi connectivity index (χ2n) is 6.26. The number of hydrogen-bond acceptors (Lipinski definition) is 5. The zero-order valence-electron chi connectivity index (χ0n) is 13.6. The van der Waals surface area contributed by atoms with Gasteiger partial charge in [-0.3, -0.25) is 19.3 Å². The minimum absolute atomic E-state index is 0.0409. The third kappa shape index (κ3) is 3.41. The largest absolute Gasteiger partial charge is 0.342 e. The zero-order chi connectivity index (χ0) is 18.4. The maximum Gasteiger partial charge on any atom is 0.261 e. The number of carbonyl (C=O) groups is 3. The first kappa shape index (κ1) is 17.9. The van der Waals surface area contributed by atoms with Crippen molar-refractivity contribution < 1.29 is 22.8 Å². The molecular formula is C16H17ClN2O5S. The summed E-state index contributed by atoms with van der Waals surface area (Å²) in [6.45, 7) is -0.0490. The summed E-state index contributed by atoms with van der Waals surface area (Å²) >= 11 is 5.86. The summed E-state index contributed by atoms with van der Waals surface area (Å²) in [6.07, 6.45) is 0.363. The third-order valence-corrected chi connectivity index (χ3v) is 6.62. The molecule has 1 fully saturated rings. The van der Waals surface area contributed by atoms with Gasteiger partial charge in [0.2, 0.25) is 5.91 Å². The van der Waals surface area contributed by atoms with E-state index in [1.807, 2.05) is 0 Å². The Bertz CT molecular complexity index is 867. The van der Waals surface area contributed by atoms with Gasteiger partial charge >= 0.3 is 0 Å². The molecule has 2 aliphatic rings. The van der Waals surface area contributed by atoms with Gasteiger partial charge in [-0.25, -0.2) is 8.42 Å². The fraction of sp³-hybridized carbons (Fsp3) is 0.438. The second kappa shape index (κ2) is 6.42. The van der Waals surface area contributed by atoms with Crippen molar-refractivity contribution in [3.8, 4) is 0 Å². The van der Waals surface area contributed by atoms with Gasteiger partial charge in [0.05, 0.1) is 22.6 Å². The molecule has 2 heterocycles. The van der Waals surface area contributed by atoms with E-state index < -0.39 is 21.7 Å². The molecule has 1 saturated heterocycles. The van der Waals surface area contributed by atoms with Gasteiger partial charge < -0.3 is 4.90 Å². The number of hydrogen-bond donors (Lipinski definition) is 0. The smallest absolute Gasteiger partial charge is 0.261 e. The molecule has 1 aromatic carbocycles. The second-order valence-corrected chi connectivity index (χ2v) is 8.93. The highest BCUT2D eigenvalue weighted by molar-refractivity contribution is 7.91. The molecule has 0 N–H and O–H groups in total. The zero-order valence-corrected chi connectivity index (χ0v) is 15.1. The summed E-state index contributed by atoms with van der Waals surface area (Å²) in [5.74, 6) is -1.18. The van der Waals surface area contributed by atoms with Crippen molar-refractivity contribution in [3.63, 3.8) is 0 Å². The minimum atomic E-state index is -3.09. The Morgan fingerprint density at radius 3 is 2.60 bits per heavy atom. The van der Waals surface area contributed by atoms with Crippen LogP contribution in [0.3, 0.4) is 0 Å². The van der Waals surface area contributed by atoms with Gasteiger partial charge in [-0.05, 0) is 24.6 Å². The molecular weight excluding hydrogens is 368 g/mol. The van der Waals surface area contributed by atoms with Crippen molar-refractivity contribution in [2.75, 3.05) is 25.1 Å². The van der Waals surface area contributed by atoms with Crippen molar-refractivity contribution in [1.29, 1.82) is 0 Å². The van der Waals surface area contributed by atoms with Crippen molar-refractivity contribution in [2.24, 2.45) is 0 Å². The lowest BCUT2D eigenvalue weighted by molar-refractivity contribution is -0.131. The number of fused-ring (bicyclic) bond motifs is 1. The van der Waals surface area contributed by atoms with E-state index in [2.05, 4.69) is 0 Å². The molecule has 0 saturated carbocycles. The molecule has 0 aliphatic carbocycles. The Labute approximate surface area is 150 Å². The molecule has 7 nitrogen and oxygen atoms in total. The van der Waals surface area contributed by atoms with E-state index in [0.29, 0.717) is 11.4 Å². The van der Waals surface area contributed by atoms with Crippen LogP contribution in [0.2, 0.25) is 5.02 Å². The number of imide groups is 1. The predicted molar refractivity (Wildman–Crippen MR) is 91.3 cm³/mol. The number of carbonyl (C=O) groups excluding carboxylic acids is 3. The fourth-order valence-electron chi connectivity index (χ4n) is 3.13. The van der Waals surface area contributed by atoms with E-state index in [-0.39, 0.29) is 47.5 Å². The molecule has 3 amide bonds. The summed E-state index contributed by atoms with van der Waals surface area (Å²) in [7, 11) is -1.54. The molecule has 3 rings (SSSR count). The van der Waals surface area contributed by atoms with Crippen molar-refractivity contribution >= 4 is 39.2 Å². The highest BCUT2D eigenvalue weighted by atomic mass is 35.5. The van der Waals surface area contributed by atoms with Crippen LogP contribution in [0.15, 0.2) is 18.2 Å². The number of halogens is 1. The van der Waals surface area contributed by atoms with Gasteiger partial charge in [0.1, 0.15) is 0 Å². The minimum Gasteiger partial charge on any atom is -0.342 e. The summed E-state index contributed by atoms with van der Waals surface area (Å²) in [5.41, 5.74) is 0.511. The summed E-state index contributed by atoms with van der Waals surface area (Å²) in [5, 5.41) is 0.361. The first-order valence-electron chi connectivity index (χ1n) is 7.81. The Kier molecular flexibility index (Phi) is 4.59. The van der Waals surface area contributed by atoms with E-state index >= 15 is 0 Å². The van der Waals surface area contributed by atoms with Crippen molar-refractivity contribution in [1.82, 2.24) is 9.80 Å².